The Morgan fingerprint density at radius 1 is 1.11 bits per heavy atom. The van der Waals surface area contributed by atoms with E-state index in [4.69, 9.17) is 0 Å². The number of benzene rings is 1. The summed E-state index contributed by atoms with van der Waals surface area (Å²) < 4.78 is 27.3. The van der Waals surface area contributed by atoms with Crippen molar-refractivity contribution in [2.24, 2.45) is 0 Å². The van der Waals surface area contributed by atoms with Crippen molar-refractivity contribution in [3.63, 3.8) is 0 Å². The standard InChI is InChI=1S/C20H25N3O3S2/c1-23(15-6-3-2-4-7-15)28(25,26)16-12-10-14(11-13-16)19(24)22-20-21-17-8-5-9-18(17)27-20/h10-13,15H,2-9H2,1H3,(H,21,22,24). The molecule has 6 nitrogen and oxygen atoms in total. The molecule has 28 heavy (non-hydrogen) atoms. The van der Waals surface area contributed by atoms with Gasteiger partial charge in [-0.3, -0.25) is 10.1 Å². The molecule has 1 heterocycles. The third-order valence-corrected chi connectivity index (χ3v) is 8.70. The van der Waals surface area contributed by atoms with Gasteiger partial charge >= 0.3 is 0 Å². The molecule has 0 spiro atoms. The minimum atomic E-state index is -3.55. The summed E-state index contributed by atoms with van der Waals surface area (Å²) in [7, 11) is -1.89. The highest BCUT2D eigenvalue weighted by Crippen LogP contribution is 2.31. The molecule has 0 radical (unpaired) electrons. The van der Waals surface area contributed by atoms with Crippen molar-refractivity contribution >= 4 is 32.4 Å². The normalized spacial score (nSPS) is 17.6. The molecule has 1 aromatic carbocycles. The Morgan fingerprint density at radius 2 is 1.82 bits per heavy atom. The quantitative estimate of drug-likeness (QED) is 0.799. The van der Waals surface area contributed by atoms with Crippen LogP contribution in [0.2, 0.25) is 0 Å². The number of aryl methyl sites for hydroxylation is 2. The zero-order chi connectivity index (χ0) is 19.7. The summed E-state index contributed by atoms with van der Waals surface area (Å²) in [6.07, 6.45) is 8.28. The predicted molar refractivity (Wildman–Crippen MR) is 110 cm³/mol. The zero-order valence-corrected chi connectivity index (χ0v) is 17.6. The molecule has 2 aliphatic carbocycles. The summed E-state index contributed by atoms with van der Waals surface area (Å²) in [5, 5.41) is 3.44. The second-order valence-corrected chi connectivity index (χ2v) is 10.6. The van der Waals surface area contributed by atoms with E-state index in [-0.39, 0.29) is 16.8 Å². The summed E-state index contributed by atoms with van der Waals surface area (Å²) in [6.45, 7) is 0. The van der Waals surface area contributed by atoms with E-state index in [1.807, 2.05) is 0 Å². The van der Waals surface area contributed by atoms with Gasteiger partial charge in [-0.2, -0.15) is 4.31 Å². The number of anilines is 1. The van der Waals surface area contributed by atoms with Gasteiger partial charge in [-0.1, -0.05) is 19.3 Å². The lowest BCUT2D eigenvalue weighted by Gasteiger charge is -2.30. The van der Waals surface area contributed by atoms with Gasteiger partial charge in [-0.05, 0) is 56.4 Å². The van der Waals surface area contributed by atoms with E-state index in [0.717, 1.165) is 50.6 Å². The highest BCUT2D eigenvalue weighted by atomic mass is 32.2. The van der Waals surface area contributed by atoms with Crippen LogP contribution < -0.4 is 5.32 Å². The van der Waals surface area contributed by atoms with Crippen LogP contribution in [0, 0.1) is 0 Å². The van der Waals surface area contributed by atoms with Crippen LogP contribution in [0.3, 0.4) is 0 Å². The molecule has 0 bridgehead atoms. The third-order valence-electron chi connectivity index (χ3n) is 5.70. The van der Waals surface area contributed by atoms with E-state index >= 15 is 0 Å². The summed E-state index contributed by atoms with van der Waals surface area (Å²) >= 11 is 1.53. The minimum absolute atomic E-state index is 0.0635. The lowest BCUT2D eigenvalue weighted by molar-refractivity contribution is 0.102. The number of carbonyl (C=O) groups excluding carboxylic acids is 1. The van der Waals surface area contributed by atoms with Gasteiger partial charge in [0.05, 0.1) is 10.6 Å². The first-order valence-electron chi connectivity index (χ1n) is 9.83. The molecule has 0 unspecified atom stereocenters. The molecule has 0 aliphatic heterocycles. The molecular weight excluding hydrogens is 394 g/mol. The first-order valence-corrected chi connectivity index (χ1v) is 12.1. The van der Waals surface area contributed by atoms with E-state index in [0.29, 0.717) is 10.7 Å². The second-order valence-electron chi connectivity index (χ2n) is 7.53. The van der Waals surface area contributed by atoms with Gasteiger partial charge in [0.15, 0.2) is 5.13 Å². The van der Waals surface area contributed by atoms with Gasteiger partial charge in [0, 0.05) is 23.5 Å². The van der Waals surface area contributed by atoms with Gasteiger partial charge in [0.2, 0.25) is 10.0 Å². The maximum absolute atomic E-state index is 12.9. The van der Waals surface area contributed by atoms with E-state index in [1.54, 1.807) is 19.2 Å². The molecule has 2 aliphatic rings. The first-order chi connectivity index (χ1) is 13.4. The van der Waals surface area contributed by atoms with E-state index in [9.17, 15) is 13.2 Å². The Balaban J connectivity index is 1.45. The van der Waals surface area contributed by atoms with Crippen molar-refractivity contribution < 1.29 is 13.2 Å². The number of carbonyl (C=O) groups is 1. The van der Waals surface area contributed by atoms with Crippen molar-refractivity contribution in [1.29, 1.82) is 0 Å². The molecule has 4 rings (SSSR count). The number of thiazole rings is 1. The number of hydrogen-bond acceptors (Lipinski definition) is 5. The topological polar surface area (TPSA) is 79.4 Å². The molecule has 1 aromatic heterocycles. The van der Waals surface area contributed by atoms with Crippen LogP contribution in [0.25, 0.3) is 0 Å². The highest BCUT2D eigenvalue weighted by Gasteiger charge is 2.29. The Labute approximate surface area is 170 Å². The number of sulfonamides is 1. The summed E-state index contributed by atoms with van der Waals surface area (Å²) in [5.41, 5.74) is 1.52. The monoisotopic (exact) mass is 419 g/mol. The van der Waals surface area contributed by atoms with Crippen molar-refractivity contribution in [1.82, 2.24) is 9.29 Å². The van der Waals surface area contributed by atoms with Gasteiger partial charge < -0.3 is 0 Å². The fourth-order valence-corrected chi connectivity index (χ4v) is 6.46. The van der Waals surface area contributed by atoms with Crippen LogP contribution in [0.4, 0.5) is 5.13 Å². The summed E-state index contributed by atoms with van der Waals surface area (Å²) in [5.74, 6) is -0.267. The third kappa shape index (κ3) is 3.86. The van der Waals surface area contributed by atoms with Crippen LogP contribution in [-0.4, -0.2) is 36.7 Å². The van der Waals surface area contributed by atoms with Gasteiger partial charge in [0.1, 0.15) is 0 Å². The number of fused-ring (bicyclic) bond motifs is 1. The molecule has 2 aromatic rings. The Bertz CT molecular complexity index is 940. The minimum Gasteiger partial charge on any atom is -0.298 e. The molecule has 8 heteroatoms. The van der Waals surface area contributed by atoms with E-state index in [2.05, 4.69) is 10.3 Å². The zero-order valence-electron chi connectivity index (χ0n) is 16.0. The lowest BCUT2D eigenvalue weighted by atomic mass is 9.96. The predicted octanol–water partition coefficient (Wildman–Crippen LogP) is 3.84. The van der Waals surface area contributed by atoms with E-state index in [1.165, 1.54) is 39.1 Å². The maximum Gasteiger partial charge on any atom is 0.257 e. The van der Waals surface area contributed by atoms with E-state index < -0.39 is 10.0 Å². The van der Waals surface area contributed by atoms with Gasteiger partial charge in [-0.25, -0.2) is 13.4 Å². The molecule has 1 fully saturated rings. The summed E-state index contributed by atoms with van der Waals surface area (Å²) in [4.78, 5) is 18.4. The lowest BCUT2D eigenvalue weighted by Crippen LogP contribution is -2.38. The molecule has 1 amide bonds. The van der Waals surface area contributed by atoms with Crippen molar-refractivity contribution in [2.45, 2.75) is 62.3 Å². The average Bonchev–Trinajstić information content (AvgIpc) is 3.30. The molecule has 1 N–H and O–H groups in total. The number of aromatic nitrogens is 1. The fourth-order valence-electron chi connectivity index (χ4n) is 4.00. The molecule has 0 saturated heterocycles. The molecule has 150 valence electrons. The number of hydrogen-bond donors (Lipinski definition) is 1. The SMILES string of the molecule is CN(C1CCCCC1)S(=O)(=O)c1ccc(C(=O)Nc2nc3c(s2)CCC3)cc1. The van der Waals surface area contributed by atoms with Crippen molar-refractivity contribution in [2.75, 3.05) is 12.4 Å². The molecule has 0 atom stereocenters. The van der Waals surface area contributed by atoms with Crippen LogP contribution in [0.1, 0.15) is 59.5 Å². The Kier molecular flexibility index (Phi) is 5.53. The van der Waals surface area contributed by atoms with Crippen molar-refractivity contribution in [3.8, 4) is 0 Å². The number of nitrogens with zero attached hydrogens (tertiary/aromatic N) is 2. The van der Waals surface area contributed by atoms with Crippen LogP contribution in [0.5, 0.6) is 0 Å². The van der Waals surface area contributed by atoms with Crippen LogP contribution in [0.15, 0.2) is 29.2 Å². The van der Waals surface area contributed by atoms with Crippen LogP contribution in [-0.2, 0) is 22.9 Å². The number of amides is 1. The second kappa shape index (κ2) is 7.93. The molecule has 1 saturated carbocycles. The Morgan fingerprint density at radius 3 is 2.50 bits per heavy atom. The number of nitrogens with one attached hydrogen (secondary N) is 1. The average molecular weight is 420 g/mol. The van der Waals surface area contributed by atoms with Crippen molar-refractivity contribution in [3.05, 3.63) is 40.4 Å². The van der Waals surface area contributed by atoms with Crippen LogP contribution >= 0.6 is 11.3 Å². The maximum atomic E-state index is 12.9. The highest BCUT2D eigenvalue weighted by molar-refractivity contribution is 7.89. The Hall–Kier alpha value is -1.77. The fraction of sp³-hybridized carbons (Fsp3) is 0.500. The van der Waals surface area contributed by atoms with Gasteiger partial charge in [0.25, 0.3) is 5.91 Å². The smallest absolute Gasteiger partial charge is 0.257 e. The first kappa shape index (κ1) is 19.5. The number of rotatable bonds is 5. The van der Waals surface area contributed by atoms with Gasteiger partial charge in [-0.15, -0.1) is 11.3 Å². The largest absolute Gasteiger partial charge is 0.298 e. The summed E-state index contributed by atoms with van der Waals surface area (Å²) in [6, 6.07) is 6.24. The molecular formula is C20H25N3O3S2.